The van der Waals surface area contributed by atoms with Crippen LogP contribution in [-0.2, 0) is 11.3 Å². The van der Waals surface area contributed by atoms with E-state index < -0.39 is 11.8 Å². The number of carbonyl (C=O) groups is 1. The first kappa shape index (κ1) is 12.3. The number of fused-ring (bicyclic) bond motifs is 1. The highest BCUT2D eigenvalue weighted by molar-refractivity contribution is 5.81. The van der Waals surface area contributed by atoms with Crippen molar-refractivity contribution in [1.29, 1.82) is 0 Å². The molecule has 0 amide bonds. The molecule has 0 saturated carbocycles. The molecule has 0 saturated heterocycles. The topological polar surface area (TPSA) is 67.2 Å². The number of imidazole rings is 1. The Labute approximate surface area is 103 Å². The highest BCUT2D eigenvalue weighted by Gasteiger charge is 2.14. The van der Waals surface area contributed by atoms with E-state index in [1.807, 2.05) is 13.8 Å². The molecule has 0 atom stereocenters. The molecule has 1 aromatic heterocycles. The zero-order valence-electron chi connectivity index (χ0n) is 10.1. The molecule has 0 spiro atoms. The van der Waals surface area contributed by atoms with Crippen molar-refractivity contribution < 1.29 is 14.3 Å². The number of nitrogens with one attached hydrogen (secondary N) is 1. The number of hydrogen-bond donors (Lipinski definition) is 2. The Bertz CT molecular complexity index is 592. The zero-order valence-corrected chi connectivity index (χ0v) is 10.1. The van der Waals surface area contributed by atoms with Crippen LogP contribution in [0.5, 0.6) is 0 Å². The highest BCUT2D eigenvalue weighted by Crippen LogP contribution is 2.21. The summed E-state index contributed by atoms with van der Waals surface area (Å²) in [6, 6.07) is 4.23. The van der Waals surface area contributed by atoms with Gasteiger partial charge in [-0.05, 0) is 26.0 Å². The van der Waals surface area contributed by atoms with Gasteiger partial charge in [0.15, 0.2) is 0 Å². The smallest absolute Gasteiger partial charge is 0.323 e. The summed E-state index contributed by atoms with van der Waals surface area (Å²) in [5.41, 5.74) is 1.04. The SMILES string of the molecule is CC(C)Nc1nc2cc(F)ccc2n1CC(=O)O. The minimum absolute atomic E-state index is 0.110. The molecule has 2 aromatic rings. The maximum absolute atomic E-state index is 13.1. The number of halogens is 1. The molecular formula is C12H14FN3O2. The lowest BCUT2D eigenvalue weighted by molar-refractivity contribution is -0.137. The predicted octanol–water partition coefficient (Wildman–Crippen LogP) is 2.08. The van der Waals surface area contributed by atoms with Gasteiger partial charge >= 0.3 is 5.97 Å². The van der Waals surface area contributed by atoms with Gasteiger partial charge in [0.2, 0.25) is 5.95 Å². The number of aliphatic carboxylic acids is 1. The number of benzene rings is 1. The van der Waals surface area contributed by atoms with Gasteiger partial charge in [-0.2, -0.15) is 0 Å². The summed E-state index contributed by atoms with van der Waals surface area (Å²) in [4.78, 5) is 15.1. The monoisotopic (exact) mass is 251 g/mol. The molecule has 0 radical (unpaired) electrons. The highest BCUT2D eigenvalue weighted by atomic mass is 19.1. The van der Waals surface area contributed by atoms with Crippen molar-refractivity contribution in [2.45, 2.75) is 26.4 Å². The Kier molecular flexibility index (Phi) is 3.18. The van der Waals surface area contributed by atoms with Gasteiger partial charge in [-0.15, -0.1) is 0 Å². The summed E-state index contributed by atoms with van der Waals surface area (Å²) in [7, 11) is 0. The van der Waals surface area contributed by atoms with Crippen LogP contribution in [0.25, 0.3) is 11.0 Å². The van der Waals surface area contributed by atoms with E-state index in [0.29, 0.717) is 17.0 Å². The first-order valence-corrected chi connectivity index (χ1v) is 5.61. The Morgan fingerprint density at radius 3 is 2.89 bits per heavy atom. The van der Waals surface area contributed by atoms with Crippen LogP contribution in [-0.4, -0.2) is 26.7 Å². The second kappa shape index (κ2) is 4.64. The van der Waals surface area contributed by atoms with Crippen molar-refractivity contribution >= 4 is 23.0 Å². The minimum atomic E-state index is -0.967. The van der Waals surface area contributed by atoms with Crippen LogP contribution in [0.3, 0.4) is 0 Å². The largest absolute Gasteiger partial charge is 0.480 e. The number of anilines is 1. The van der Waals surface area contributed by atoms with E-state index in [4.69, 9.17) is 5.11 Å². The second-order valence-electron chi connectivity index (χ2n) is 4.35. The fraction of sp³-hybridized carbons (Fsp3) is 0.333. The van der Waals surface area contributed by atoms with Gasteiger partial charge in [-0.1, -0.05) is 0 Å². The maximum Gasteiger partial charge on any atom is 0.323 e. The van der Waals surface area contributed by atoms with Gasteiger partial charge in [0.25, 0.3) is 0 Å². The van der Waals surface area contributed by atoms with Gasteiger partial charge < -0.3 is 10.4 Å². The molecule has 0 aliphatic heterocycles. The predicted molar refractivity (Wildman–Crippen MR) is 66.1 cm³/mol. The van der Waals surface area contributed by atoms with Crippen LogP contribution in [0.4, 0.5) is 10.3 Å². The van der Waals surface area contributed by atoms with E-state index in [-0.39, 0.29) is 12.6 Å². The molecule has 0 unspecified atom stereocenters. The van der Waals surface area contributed by atoms with E-state index in [0.717, 1.165) is 0 Å². The average Bonchev–Trinajstić information content (AvgIpc) is 2.54. The molecule has 0 aliphatic rings. The standard InChI is InChI=1S/C12H14FN3O2/c1-7(2)14-12-15-9-5-8(13)3-4-10(9)16(12)6-11(17)18/h3-5,7H,6H2,1-2H3,(H,14,15)(H,17,18). The van der Waals surface area contributed by atoms with Gasteiger partial charge in [0, 0.05) is 12.1 Å². The van der Waals surface area contributed by atoms with Gasteiger partial charge in [-0.3, -0.25) is 9.36 Å². The summed E-state index contributed by atoms with van der Waals surface area (Å²) in [5.74, 6) is -0.919. The molecule has 18 heavy (non-hydrogen) atoms. The summed E-state index contributed by atoms with van der Waals surface area (Å²) >= 11 is 0. The van der Waals surface area contributed by atoms with Crippen LogP contribution in [0.1, 0.15) is 13.8 Å². The van der Waals surface area contributed by atoms with Crippen molar-refractivity contribution in [3.05, 3.63) is 24.0 Å². The normalized spacial score (nSPS) is 11.1. The van der Waals surface area contributed by atoms with Crippen LogP contribution in [0, 0.1) is 5.82 Å². The number of nitrogens with zero attached hydrogens (tertiary/aromatic N) is 2. The quantitative estimate of drug-likeness (QED) is 0.873. The third-order valence-corrected chi connectivity index (χ3v) is 2.42. The third kappa shape index (κ3) is 2.42. The molecule has 1 heterocycles. The molecule has 2 N–H and O–H groups in total. The molecule has 2 rings (SSSR count). The first-order valence-electron chi connectivity index (χ1n) is 5.61. The van der Waals surface area contributed by atoms with Crippen LogP contribution in [0.2, 0.25) is 0 Å². The van der Waals surface area contributed by atoms with Crippen molar-refractivity contribution in [1.82, 2.24) is 9.55 Å². The lowest BCUT2D eigenvalue weighted by atomic mass is 10.3. The Hall–Kier alpha value is -2.11. The summed E-state index contributed by atoms with van der Waals surface area (Å²) in [6.45, 7) is 3.63. The van der Waals surface area contributed by atoms with Gasteiger partial charge in [0.05, 0.1) is 11.0 Å². The van der Waals surface area contributed by atoms with Crippen molar-refractivity contribution in [2.24, 2.45) is 0 Å². The molecule has 1 aromatic carbocycles. The maximum atomic E-state index is 13.1. The minimum Gasteiger partial charge on any atom is -0.480 e. The van der Waals surface area contributed by atoms with Crippen LogP contribution in [0.15, 0.2) is 18.2 Å². The van der Waals surface area contributed by atoms with Crippen LogP contribution < -0.4 is 5.32 Å². The van der Waals surface area contributed by atoms with Crippen LogP contribution >= 0.6 is 0 Å². The van der Waals surface area contributed by atoms with E-state index in [1.165, 1.54) is 22.8 Å². The van der Waals surface area contributed by atoms with Crippen molar-refractivity contribution in [3.63, 3.8) is 0 Å². The fourth-order valence-electron chi connectivity index (χ4n) is 1.77. The van der Waals surface area contributed by atoms with E-state index in [2.05, 4.69) is 10.3 Å². The Balaban J connectivity index is 2.56. The summed E-state index contributed by atoms with van der Waals surface area (Å²) < 4.78 is 14.6. The molecule has 6 heteroatoms. The Morgan fingerprint density at radius 1 is 1.56 bits per heavy atom. The van der Waals surface area contributed by atoms with Crippen molar-refractivity contribution in [2.75, 3.05) is 5.32 Å². The van der Waals surface area contributed by atoms with E-state index >= 15 is 0 Å². The second-order valence-corrected chi connectivity index (χ2v) is 4.35. The zero-order chi connectivity index (χ0) is 13.3. The average molecular weight is 251 g/mol. The third-order valence-electron chi connectivity index (χ3n) is 2.42. The van der Waals surface area contributed by atoms with Crippen molar-refractivity contribution in [3.8, 4) is 0 Å². The number of aromatic nitrogens is 2. The molecule has 0 aliphatic carbocycles. The molecule has 0 fully saturated rings. The fourth-order valence-corrected chi connectivity index (χ4v) is 1.77. The number of hydrogen-bond acceptors (Lipinski definition) is 3. The lowest BCUT2D eigenvalue weighted by Gasteiger charge is -2.11. The molecular weight excluding hydrogens is 237 g/mol. The summed E-state index contributed by atoms with van der Waals surface area (Å²) in [6.07, 6.45) is 0. The first-order chi connectivity index (χ1) is 8.47. The number of carboxylic acids is 1. The number of carboxylic acid groups (broad SMARTS) is 1. The van der Waals surface area contributed by atoms with E-state index in [9.17, 15) is 9.18 Å². The lowest BCUT2D eigenvalue weighted by Crippen LogP contribution is -2.17. The van der Waals surface area contributed by atoms with Gasteiger partial charge in [0.1, 0.15) is 12.4 Å². The molecule has 0 bridgehead atoms. The summed E-state index contributed by atoms with van der Waals surface area (Å²) in [5, 5.41) is 12.0. The molecule has 5 nitrogen and oxygen atoms in total. The number of rotatable bonds is 4. The van der Waals surface area contributed by atoms with Gasteiger partial charge in [-0.25, -0.2) is 9.37 Å². The molecule has 96 valence electrons. The van der Waals surface area contributed by atoms with E-state index in [1.54, 1.807) is 0 Å². The Morgan fingerprint density at radius 2 is 2.28 bits per heavy atom.